The van der Waals surface area contributed by atoms with E-state index in [0.29, 0.717) is 0 Å². The topological polar surface area (TPSA) is 95.5 Å². The molecule has 0 saturated carbocycles. The molecule has 0 atom stereocenters. The van der Waals surface area contributed by atoms with E-state index in [4.69, 9.17) is 0 Å². The molecular weight excluding hydrogens is 183 g/mol. The van der Waals surface area contributed by atoms with E-state index in [1.54, 1.807) is 0 Å². The average Bonchev–Trinajstić information content (AvgIpc) is 1.87. The second-order valence-electron chi connectivity index (χ2n) is 1.40. The van der Waals surface area contributed by atoms with E-state index in [-0.39, 0.29) is 0 Å². The van der Waals surface area contributed by atoms with Crippen LogP contribution >= 0.6 is 12.4 Å². The highest BCUT2D eigenvalue weighted by molar-refractivity contribution is 7.89. The van der Waals surface area contributed by atoms with Crippen LogP contribution in [0.1, 0.15) is 0 Å². The molecule has 0 N–H and O–H groups in total. The molecular formula is C2H3FN2O5S. The first kappa shape index (κ1) is 10.0. The minimum atomic E-state index is -2.10. The minimum absolute atomic E-state index is 0.644. The molecule has 0 spiro atoms. The number of nitro groups is 2. The Morgan fingerprint density at radius 3 is 2.18 bits per heavy atom. The molecule has 0 aromatic rings. The van der Waals surface area contributed by atoms with Gasteiger partial charge in [0, 0.05) is 0 Å². The fraction of sp³-hybridized carbons (Fsp3) is 1.00. The number of hydrogen-bond acceptors (Lipinski definition) is 6. The van der Waals surface area contributed by atoms with E-state index in [0.717, 1.165) is 0 Å². The van der Waals surface area contributed by atoms with Gasteiger partial charge in [0.15, 0.2) is 0 Å². The Morgan fingerprint density at radius 2 is 1.91 bits per heavy atom. The lowest BCUT2D eigenvalue weighted by Gasteiger charge is -1.98. The molecule has 7 nitrogen and oxygen atoms in total. The fourth-order valence-corrected chi connectivity index (χ4v) is 0.458. The summed E-state index contributed by atoms with van der Waals surface area (Å²) in [4.78, 5) is 17.3. The lowest BCUT2D eigenvalue weighted by atomic mass is 10.6. The second-order valence-corrected chi connectivity index (χ2v) is 1.76. The molecule has 0 aromatic heterocycles. The molecule has 0 aliphatic rings. The number of hydrogen-bond donors (Lipinski definition) is 0. The lowest BCUT2D eigenvalue weighted by Crippen LogP contribution is -2.32. The van der Waals surface area contributed by atoms with Gasteiger partial charge in [0.05, 0.1) is 9.85 Å². The summed E-state index contributed by atoms with van der Waals surface area (Å²) >= 11 is -0.644. The Labute approximate surface area is 64.3 Å². The molecule has 0 rings (SSSR count). The summed E-state index contributed by atoms with van der Waals surface area (Å²) in [5.41, 5.74) is 0. The standard InChI is InChI=1S/C2H3FN2O5S/c3-11-10-1-2(4(6)7)5(8)9/h2H,1H2. The van der Waals surface area contributed by atoms with Crippen molar-refractivity contribution in [2.45, 2.75) is 6.17 Å². The summed E-state index contributed by atoms with van der Waals surface area (Å²) in [6.07, 6.45) is -2.10. The molecule has 0 saturated heterocycles. The molecule has 0 aliphatic carbocycles. The third kappa shape index (κ3) is 3.68. The molecule has 9 heteroatoms. The molecule has 0 aliphatic heterocycles. The summed E-state index contributed by atoms with van der Waals surface area (Å²) in [6.45, 7) is -0.888. The van der Waals surface area contributed by atoms with Crippen molar-refractivity contribution < 1.29 is 17.9 Å². The van der Waals surface area contributed by atoms with Crippen LogP contribution in [0.3, 0.4) is 0 Å². The largest absolute Gasteiger partial charge is 0.474 e. The van der Waals surface area contributed by atoms with E-state index in [2.05, 4.69) is 4.18 Å². The van der Waals surface area contributed by atoms with Crippen LogP contribution < -0.4 is 0 Å². The van der Waals surface area contributed by atoms with Crippen molar-refractivity contribution in [3.05, 3.63) is 20.2 Å². The molecule has 0 fully saturated rings. The monoisotopic (exact) mass is 186 g/mol. The van der Waals surface area contributed by atoms with Crippen molar-refractivity contribution in [2.75, 3.05) is 6.61 Å². The second kappa shape index (κ2) is 4.79. The highest BCUT2D eigenvalue weighted by atomic mass is 32.2. The van der Waals surface area contributed by atoms with Gasteiger partial charge in [-0.05, 0) is 0 Å². The zero-order valence-electron chi connectivity index (χ0n) is 5.01. The van der Waals surface area contributed by atoms with Crippen LogP contribution in [0.5, 0.6) is 0 Å². The van der Waals surface area contributed by atoms with Crippen LogP contribution in [-0.4, -0.2) is 22.6 Å². The molecule has 0 bridgehead atoms. The van der Waals surface area contributed by atoms with Crippen molar-refractivity contribution in [3.8, 4) is 0 Å². The maximum atomic E-state index is 11.1. The number of nitrogens with zero attached hydrogens (tertiary/aromatic N) is 2. The van der Waals surface area contributed by atoms with Crippen LogP contribution in [0, 0.1) is 20.2 Å². The van der Waals surface area contributed by atoms with Gasteiger partial charge in [0.25, 0.3) is 0 Å². The summed E-state index contributed by atoms with van der Waals surface area (Å²) in [5, 5.41) is 19.6. The van der Waals surface area contributed by atoms with Gasteiger partial charge in [-0.2, -0.15) is 0 Å². The van der Waals surface area contributed by atoms with Gasteiger partial charge in [-0.1, -0.05) is 0 Å². The highest BCUT2D eigenvalue weighted by Gasteiger charge is 2.32. The Morgan fingerprint density at radius 1 is 1.45 bits per heavy atom. The molecule has 11 heavy (non-hydrogen) atoms. The van der Waals surface area contributed by atoms with Crippen molar-refractivity contribution >= 4 is 12.4 Å². The number of rotatable bonds is 5. The van der Waals surface area contributed by atoms with Gasteiger partial charge in [-0.3, -0.25) is 24.4 Å². The van der Waals surface area contributed by atoms with E-state index in [9.17, 15) is 24.1 Å². The van der Waals surface area contributed by atoms with Gasteiger partial charge in [0.2, 0.25) is 19.0 Å². The Bertz CT molecular complexity index is 151. The van der Waals surface area contributed by atoms with Crippen molar-refractivity contribution in [1.29, 1.82) is 0 Å². The van der Waals surface area contributed by atoms with Gasteiger partial charge in [0.1, 0.15) is 0 Å². The van der Waals surface area contributed by atoms with Crippen LogP contribution in [0.25, 0.3) is 0 Å². The molecule has 0 unspecified atom stereocenters. The molecule has 0 heterocycles. The smallest absolute Gasteiger partial charge is 0.272 e. The van der Waals surface area contributed by atoms with Gasteiger partial charge >= 0.3 is 6.17 Å². The van der Waals surface area contributed by atoms with Gasteiger partial charge in [-0.15, -0.1) is 3.89 Å². The van der Waals surface area contributed by atoms with E-state index >= 15 is 0 Å². The Kier molecular flexibility index (Phi) is 4.38. The van der Waals surface area contributed by atoms with Crippen molar-refractivity contribution in [2.24, 2.45) is 0 Å². The van der Waals surface area contributed by atoms with E-state index < -0.39 is 35.0 Å². The van der Waals surface area contributed by atoms with E-state index in [1.165, 1.54) is 0 Å². The lowest BCUT2D eigenvalue weighted by molar-refractivity contribution is -0.743. The van der Waals surface area contributed by atoms with E-state index in [1.807, 2.05) is 0 Å². The molecule has 0 aromatic carbocycles. The summed E-state index contributed by atoms with van der Waals surface area (Å²) < 4.78 is 14.9. The van der Waals surface area contributed by atoms with Crippen LogP contribution in [0.15, 0.2) is 0 Å². The maximum Gasteiger partial charge on any atom is 0.474 e. The van der Waals surface area contributed by atoms with Crippen LogP contribution in [0.2, 0.25) is 0 Å². The third-order valence-electron chi connectivity index (χ3n) is 0.748. The number of halogens is 1. The SMILES string of the molecule is O=[N+]([O-])C(COSF)[N+](=O)[O-]. The van der Waals surface area contributed by atoms with Crippen molar-refractivity contribution in [3.63, 3.8) is 0 Å². The normalized spacial score (nSPS) is 10.0. The third-order valence-corrected chi connectivity index (χ3v) is 0.974. The predicted octanol–water partition coefficient (Wildman–Crippen LogP) is 0.415. The predicted molar refractivity (Wildman–Crippen MR) is 32.4 cm³/mol. The molecule has 64 valence electrons. The molecule has 0 radical (unpaired) electrons. The first-order chi connectivity index (χ1) is 5.09. The molecule has 0 amide bonds. The zero-order chi connectivity index (χ0) is 8.85. The Hall–Kier alpha value is -0.960. The first-order valence-corrected chi connectivity index (χ1v) is 2.91. The minimum Gasteiger partial charge on any atom is -0.272 e. The Balaban J connectivity index is 3.90. The first-order valence-electron chi connectivity index (χ1n) is 2.26. The summed E-state index contributed by atoms with van der Waals surface area (Å²) in [5.74, 6) is 0. The summed E-state index contributed by atoms with van der Waals surface area (Å²) in [7, 11) is 0. The van der Waals surface area contributed by atoms with Gasteiger partial charge < -0.3 is 0 Å². The van der Waals surface area contributed by atoms with Crippen LogP contribution in [0.4, 0.5) is 3.89 Å². The quantitative estimate of drug-likeness (QED) is 0.267. The van der Waals surface area contributed by atoms with Crippen LogP contribution in [-0.2, 0) is 4.18 Å². The van der Waals surface area contributed by atoms with Crippen molar-refractivity contribution in [1.82, 2.24) is 0 Å². The average molecular weight is 186 g/mol. The summed E-state index contributed by atoms with van der Waals surface area (Å²) in [6, 6.07) is 0. The highest BCUT2D eigenvalue weighted by Crippen LogP contribution is 2.04. The maximum absolute atomic E-state index is 11.1. The van der Waals surface area contributed by atoms with Gasteiger partial charge in [-0.25, -0.2) is 0 Å². The fourth-order valence-electron chi connectivity index (χ4n) is 0.285. The zero-order valence-corrected chi connectivity index (χ0v) is 5.82.